The van der Waals surface area contributed by atoms with Gasteiger partial charge in [-0.1, -0.05) is 12.2 Å². The molecule has 0 saturated carbocycles. The molecule has 0 bridgehead atoms. The molecule has 0 amide bonds. The Kier molecular flexibility index (Phi) is 4.72. The van der Waals surface area contributed by atoms with E-state index in [-0.39, 0.29) is 5.60 Å². The van der Waals surface area contributed by atoms with Crippen molar-refractivity contribution in [2.45, 2.75) is 24.9 Å². The van der Waals surface area contributed by atoms with Crippen LogP contribution >= 0.6 is 23.6 Å². The molecule has 1 aromatic rings. The van der Waals surface area contributed by atoms with Crippen molar-refractivity contribution < 1.29 is 4.74 Å². The smallest absolute Gasteiger partial charge is 0.120 e. The first kappa shape index (κ1) is 13.9. The summed E-state index contributed by atoms with van der Waals surface area (Å²) in [5, 5.41) is 4.35. The molecule has 1 fully saturated rings. The molecule has 0 aliphatic carbocycles. The fraction of sp³-hybridized carbons (Fsp3) is 0.615. The highest BCUT2D eigenvalue weighted by atomic mass is 32.1. The van der Waals surface area contributed by atoms with Gasteiger partial charge in [0, 0.05) is 26.7 Å². The third kappa shape index (κ3) is 3.09. The highest BCUT2D eigenvalue weighted by molar-refractivity contribution is 7.80. The molecule has 0 atom stereocenters. The van der Waals surface area contributed by atoms with Gasteiger partial charge in [-0.3, -0.25) is 0 Å². The Bertz CT molecular complexity index is 384. The Morgan fingerprint density at radius 3 is 2.78 bits per heavy atom. The van der Waals surface area contributed by atoms with Gasteiger partial charge in [-0.2, -0.15) is 11.3 Å². The van der Waals surface area contributed by atoms with Crippen molar-refractivity contribution in [3.05, 3.63) is 22.4 Å². The van der Waals surface area contributed by atoms with E-state index in [1.54, 1.807) is 18.4 Å². The normalized spacial score (nSPS) is 19.8. The summed E-state index contributed by atoms with van der Waals surface area (Å²) < 4.78 is 5.55. The summed E-state index contributed by atoms with van der Waals surface area (Å²) in [5.41, 5.74) is 6.86. The van der Waals surface area contributed by atoms with Crippen molar-refractivity contribution in [1.82, 2.24) is 4.90 Å². The molecule has 2 rings (SSSR count). The number of thiophene rings is 1. The second kappa shape index (κ2) is 6.10. The summed E-state index contributed by atoms with van der Waals surface area (Å²) in [6, 6.07) is 2.20. The van der Waals surface area contributed by atoms with Crippen LogP contribution in [0.5, 0.6) is 0 Å². The molecule has 1 aliphatic rings. The lowest BCUT2D eigenvalue weighted by Gasteiger charge is -2.40. The average molecular weight is 284 g/mol. The maximum absolute atomic E-state index is 5.80. The topological polar surface area (TPSA) is 38.5 Å². The summed E-state index contributed by atoms with van der Waals surface area (Å²) in [5.74, 6) is 0. The predicted octanol–water partition coefficient (Wildman–Crippen LogP) is 2.06. The Morgan fingerprint density at radius 1 is 1.56 bits per heavy atom. The zero-order chi connectivity index (χ0) is 13.0. The van der Waals surface area contributed by atoms with Gasteiger partial charge in [0.15, 0.2) is 0 Å². The lowest BCUT2D eigenvalue weighted by Crippen LogP contribution is -2.52. The first-order chi connectivity index (χ1) is 8.66. The number of nitrogens with zero attached hydrogens (tertiary/aromatic N) is 1. The van der Waals surface area contributed by atoms with Gasteiger partial charge in [0.1, 0.15) is 10.6 Å². The van der Waals surface area contributed by atoms with Crippen LogP contribution in [-0.4, -0.2) is 42.2 Å². The standard InChI is InChI=1S/C13H20N2OS2/c1-16-13(12(14)17)4-7-15(8-5-13)6-2-11-3-9-18-10-11/h3,9-10H,2,4-8H2,1H3,(H2,14,17). The van der Waals surface area contributed by atoms with Crippen LogP contribution in [0.1, 0.15) is 18.4 Å². The van der Waals surface area contributed by atoms with Crippen LogP contribution in [0.25, 0.3) is 0 Å². The van der Waals surface area contributed by atoms with Gasteiger partial charge >= 0.3 is 0 Å². The number of likely N-dealkylation sites (tertiary alicyclic amines) is 1. The van der Waals surface area contributed by atoms with Crippen molar-refractivity contribution in [3.63, 3.8) is 0 Å². The van der Waals surface area contributed by atoms with Gasteiger partial charge in [0.2, 0.25) is 0 Å². The lowest BCUT2D eigenvalue weighted by molar-refractivity contribution is -0.00317. The Hall–Kier alpha value is -0.490. The molecule has 0 unspecified atom stereocenters. The summed E-state index contributed by atoms with van der Waals surface area (Å²) in [7, 11) is 1.71. The van der Waals surface area contributed by atoms with Gasteiger partial charge in [0.05, 0.1) is 0 Å². The number of rotatable bonds is 5. The minimum absolute atomic E-state index is 0.367. The second-order valence-electron chi connectivity index (χ2n) is 4.79. The van der Waals surface area contributed by atoms with Crippen LogP contribution < -0.4 is 5.73 Å². The average Bonchev–Trinajstić information content (AvgIpc) is 2.90. The summed E-state index contributed by atoms with van der Waals surface area (Å²) >= 11 is 6.89. The monoisotopic (exact) mass is 284 g/mol. The molecule has 100 valence electrons. The number of methoxy groups -OCH3 is 1. The minimum atomic E-state index is -0.367. The van der Waals surface area contributed by atoms with E-state index in [0.717, 1.165) is 38.9 Å². The van der Waals surface area contributed by atoms with Crippen LogP contribution in [0, 0.1) is 0 Å². The Labute approximate surface area is 118 Å². The highest BCUT2D eigenvalue weighted by Crippen LogP contribution is 2.26. The van der Waals surface area contributed by atoms with E-state index in [4.69, 9.17) is 22.7 Å². The van der Waals surface area contributed by atoms with Crippen molar-refractivity contribution in [1.29, 1.82) is 0 Å². The molecule has 1 saturated heterocycles. The summed E-state index contributed by atoms with van der Waals surface area (Å²) in [4.78, 5) is 2.97. The summed E-state index contributed by atoms with van der Waals surface area (Å²) in [6.07, 6.45) is 2.93. The number of nitrogens with two attached hydrogens (primary N) is 1. The SMILES string of the molecule is COC1(C(N)=S)CCN(CCc2ccsc2)CC1. The molecular weight excluding hydrogens is 264 g/mol. The number of piperidine rings is 1. The van der Waals surface area contributed by atoms with E-state index < -0.39 is 0 Å². The van der Waals surface area contributed by atoms with E-state index >= 15 is 0 Å². The zero-order valence-corrected chi connectivity index (χ0v) is 12.4. The lowest BCUT2D eigenvalue weighted by atomic mass is 9.91. The third-order valence-corrected chi connectivity index (χ3v) is 4.90. The van der Waals surface area contributed by atoms with Gasteiger partial charge in [-0.05, 0) is 41.7 Å². The van der Waals surface area contributed by atoms with E-state index in [1.807, 2.05) is 0 Å². The number of hydrogen-bond donors (Lipinski definition) is 1. The van der Waals surface area contributed by atoms with Crippen LogP contribution in [0.2, 0.25) is 0 Å². The molecule has 18 heavy (non-hydrogen) atoms. The maximum Gasteiger partial charge on any atom is 0.120 e. The maximum atomic E-state index is 5.80. The van der Waals surface area contributed by atoms with Crippen molar-refractivity contribution in [2.24, 2.45) is 5.73 Å². The molecule has 2 heterocycles. The number of ether oxygens (including phenoxy) is 1. The molecule has 2 N–H and O–H groups in total. The molecule has 0 radical (unpaired) electrons. The molecule has 0 aromatic carbocycles. The van der Waals surface area contributed by atoms with Crippen molar-refractivity contribution >= 4 is 28.5 Å². The molecule has 3 nitrogen and oxygen atoms in total. The number of hydrogen-bond acceptors (Lipinski definition) is 4. The largest absolute Gasteiger partial charge is 0.391 e. The molecule has 1 aliphatic heterocycles. The minimum Gasteiger partial charge on any atom is -0.391 e. The van der Waals surface area contributed by atoms with Gasteiger partial charge in [-0.25, -0.2) is 0 Å². The molecular formula is C13H20N2OS2. The molecule has 1 aromatic heterocycles. The van der Waals surface area contributed by atoms with Gasteiger partial charge in [0.25, 0.3) is 0 Å². The van der Waals surface area contributed by atoms with E-state index in [0.29, 0.717) is 4.99 Å². The van der Waals surface area contributed by atoms with Crippen molar-refractivity contribution in [2.75, 3.05) is 26.7 Å². The summed E-state index contributed by atoms with van der Waals surface area (Å²) in [6.45, 7) is 3.12. The Morgan fingerprint density at radius 2 is 2.28 bits per heavy atom. The van der Waals surface area contributed by atoms with E-state index in [9.17, 15) is 0 Å². The van der Waals surface area contributed by atoms with E-state index in [1.165, 1.54) is 5.56 Å². The Balaban J connectivity index is 1.81. The van der Waals surface area contributed by atoms with Crippen LogP contribution in [0.4, 0.5) is 0 Å². The molecule has 0 spiro atoms. The second-order valence-corrected chi connectivity index (χ2v) is 6.01. The molecule has 5 heteroatoms. The van der Waals surface area contributed by atoms with Crippen LogP contribution in [0.15, 0.2) is 16.8 Å². The van der Waals surface area contributed by atoms with Gasteiger partial charge in [-0.15, -0.1) is 0 Å². The van der Waals surface area contributed by atoms with Crippen molar-refractivity contribution in [3.8, 4) is 0 Å². The predicted molar refractivity (Wildman–Crippen MR) is 80.2 cm³/mol. The fourth-order valence-corrected chi connectivity index (χ4v) is 3.40. The number of thiocarbonyl (C=S) groups is 1. The third-order valence-electron chi connectivity index (χ3n) is 3.80. The first-order valence-electron chi connectivity index (χ1n) is 6.25. The zero-order valence-electron chi connectivity index (χ0n) is 10.7. The van der Waals surface area contributed by atoms with Crippen LogP contribution in [0.3, 0.4) is 0 Å². The first-order valence-corrected chi connectivity index (χ1v) is 7.60. The van der Waals surface area contributed by atoms with E-state index in [2.05, 4.69) is 21.7 Å². The quantitative estimate of drug-likeness (QED) is 0.840. The van der Waals surface area contributed by atoms with Crippen LogP contribution in [-0.2, 0) is 11.2 Å². The van der Waals surface area contributed by atoms with Gasteiger partial charge < -0.3 is 15.4 Å². The highest BCUT2D eigenvalue weighted by Gasteiger charge is 2.37. The fourth-order valence-electron chi connectivity index (χ4n) is 2.41.